The average Bonchev–Trinajstić information content (AvgIpc) is 3.46. The van der Waals surface area contributed by atoms with Crippen LogP contribution in [-0.2, 0) is 14.4 Å². The Morgan fingerprint density at radius 1 is 1.29 bits per heavy atom. The molecule has 1 spiro atoms. The summed E-state index contributed by atoms with van der Waals surface area (Å²) in [5, 5.41) is 6.02. The maximum Gasteiger partial charge on any atom is 0.271 e. The Labute approximate surface area is 217 Å². The SMILES string of the molecule is COc1cccc2[nH]c(C(=O)N3CC4(C[C@H]3C(=O)N[C@@H](C[C@@H]3CCCNC3=O)C(N)=O)CC(F)(F)C4)cc12. The van der Waals surface area contributed by atoms with E-state index in [0.717, 1.165) is 6.42 Å². The van der Waals surface area contributed by atoms with Crippen LogP contribution in [0.1, 0.15) is 49.0 Å². The largest absolute Gasteiger partial charge is 0.496 e. The van der Waals surface area contributed by atoms with Gasteiger partial charge in [-0.25, -0.2) is 8.78 Å². The molecule has 5 rings (SSSR count). The summed E-state index contributed by atoms with van der Waals surface area (Å²) in [6, 6.07) is 4.69. The van der Waals surface area contributed by atoms with Crippen molar-refractivity contribution < 1.29 is 32.7 Å². The number of alkyl halides is 2. The summed E-state index contributed by atoms with van der Waals surface area (Å²) in [4.78, 5) is 55.8. The van der Waals surface area contributed by atoms with Crippen LogP contribution >= 0.6 is 0 Å². The Balaban J connectivity index is 1.39. The standard InChI is InChI=1S/C26H31F2N5O5/c1-38-20-6-2-5-16-15(20)9-18(31-16)24(37)33-13-25(11-26(27,28)12-25)10-19(33)23(36)32-17(21(29)34)8-14-4-3-7-30-22(14)35/h2,5-6,9,14,17,19,31H,3-4,7-8,10-13H2,1H3,(H2,29,34)(H,30,35)(H,32,36)/t14-,17-,19-/m0/s1. The molecule has 4 amide bonds. The summed E-state index contributed by atoms with van der Waals surface area (Å²) in [6.07, 6.45) is 0.525. The average molecular weight is 532 g/mol. The van der Waals surface area contributed by atoms with E-state index in [4.69, 9.17) is 10.5 Å². The Morgan fingerprint density at radius 2 is 2.05 bits per heavy atom. The summed E-state index contributed by atoms with van der Waals surface area (Å²) < 4.78 is 33.2. The lowest BCUT2D eigenvalue weighted by atomic mass is 9.65. The number of primary amides is 1. The second-order valence-corrected chi connectivity index (χ2v) is 10.8. The van der Waals surface area contributed by atoms with Crippen molar-refractivity contribution in [3.8, 4) is 5.75 Å². The van der Waals surface area contributed by atoms with E-state index in [1.165, 1.54) is 12.0 Å². The first kappa shape index (κ1) is 25.9. The minimum Gasteiger partial charge on any atom is -0.496 e. The third-order valence-corrected chi connectivity index (χ3v) is 7.99. The highest BCUT2D eigenvalue weighted by atomic mass is 19.3. The predicted octanol–water partition coefficient (Wildman–Crippen LogP) is 1.69. The normalized spacial score (nSPS) is 24.5. The number of nitrogens with two attached hydrogens (primary N) is 1. The number of aromatic nitrogens is 1. The van der Waals surface area contributed by atoms with Gasteiger partial charge in [-0.1, -0.05) is 6.07 Å². The van der Waals surface area contributed by atoms with Gasteiger partial charge in [-0.15, -0.1) is 0 Å². The summed E-state index contributed by atoms with van der Waals surface area (Å²) >= 11 is 0. The van der Waals surface area contributed by atoms with E-state index >= 15 is 0 Å². The van der Waals surface area contributed by atoms with Gasteiger partial charge in [-0.2, -0.15) is 0 Å². The smallest absolute Gasteiger partial charge is 0.271 e. The zero-order valence-electron chi connectivity index (χ0n) is 21.0. The monoisotopic (exact) mass is 531 g/mol. The summed E-state index contributed by atoms with van der Waals surface area (Å²) in [6.45, 7) is 0.534. The number of carbonyl (C=O) groups is 4. The zero-order valence-corrected chi connectivity index (χ0v) is 21.0. The van der Waals surface area contributed by atoms with Crippen molar-refractivity contribution >= 4 is 34.5 Å². The summed E-state index contributed by atoms with van der Waals surface area (Å²) in [5.74, 6) is -4.96. The number of hydrogen-bond donors (Lipinski definition) is 4. The molecule has 1 aromatic heterocycles. The van der Waals surface area contributed by atoms with Gasteiger partial charge in [-0.05, 0) is 43.9 Å². The van der Waals surface area contributed by atoms with E-state index in [1.54, 1.807) is 24.3 Å². The molecule has 38 heavy (non-hydrogen) atoms. The number of rotatable bonds is 7. The fraction of sp³-hybridized carbons (Fsp3) is 0.538. The van der Waals surface area contributed by atoms with Crippen molar-refractivity contribution in [3.63, 3.8) is 0 Å². The second kappa shape index (κ2) is 9.55. The molecule has 0 bridgehead atoms. The summed E-state index contributed by atoms with van der Waals surface area (Å²) in [7, 11) is 1.51. The number of benzene rings is 1. The fourth-order valence-electron chi connectivity index (χ4n) is 6.24. The molecule has 3 fully saturated rings. The van der Waals surface area contributed by atoms with Crippen LogP contribution in [0.15, 0.2) is 24.3 Å². The lowest BCUT2D eigenvalue weighted by molar-refractivity contribution is -0.155. The number of nitrogens with zero attached hydrogens (tertiary/aromatic N) is 1. The maximum atomic E-state index is 13.9. The van der Waals surface area contributed by atoms with Crippen molar-refractivity contribution in [2.24, 2.45) is 17.1 Å². The highest BCUT2D eigenvalue weighted by molar-refractivity contribution is 6.02. The van der Waals surface area contributed by atoms with Gasteiger partial charge in [0.05, 0.1) is 7.11 Å². The number of hydrogen-bond acceptors (Lipinski definition) is 5. The molecule has 0 radical (unpaired) electrons. The molecule has 3 aliphatic rings. The van der Waals surface area contributed by atoms with E-state index in [0.29, 0.717) is 29.6 Å². The number of H-pyrrole nitrogens is 1. The lowest BCUT2D eigenvalue weighted by Gasteiger charge is -2.44. The van der Waals surface area contributed by atoms with Gasteiger partial charge in [0.15, 0.2) is 0 Å². The molecule has 1 saturated carbocycles. The highest BCUT2D eigenvalue weighted by Gasteiger charge is 2.62. The molecule has 204 valence electrons. The van der Waals surface area contributed by atoms with Crippen LogP contribution in [0.5, 0.6) is 5.75 Å². The van der Waals surface area contributed by atoms with Crippen molar-refractivity contribution in [3.05, 3.63) is 30.0 Å². The van der Waals surface area contributed by atoms with E-state index in [-0.39, 0.29) is 31.0 Å². The van der Waals surface area contributed by atoms with Crippen LogP contribution in [0.25, 0.3) is 10.9 Å². The number of aromatic amines is 1. The van der Waals surface area contributed by atoms with Gasteiger partial charge in [0.2, 0.25) is 23.6 Å². The van der Waals surface area contributed by atoms with Crippen LogP contribution < -0.4 is 21.1 Å². The molecule has 2 aliphatic heterocycles. The van der Waals surface area contributed by atoms with Gasteiger partial charge in [-0.3, -0.25) is 19.2 Å². The number of methoxy groups -OCH3 is 1. The van der Waals surface area contributed by atoms with Gasteiger partial charge >= 0.3 is 0 Å². The molecule has 1 aliphatic carbocycles. The van der Waals surface area contributed by atoms with Crippen LogP contribution in [-0.4, -0.2) is 71.7 Å². The van der Waals surface area contributed by atoms with E-state index in [2.05, 4.69) is 15.6 Å². The van der Waals surface area contributed by atoms with Crippen LogP contribution in [0.4, 0.5) is 8.78 Å². The minimum absolute atomic E-state index is 0.0156. The molecule has 2 aromatic rings. The molecule has 5 N–H and O–H groups in total. The van der Waals surface area contributed by atoms with Gasteiger partial charge in [0.25, 0.3) is 5.91 Å². The number of amides is 4. The molecular weight excluding hydrogens is 500 g/mol. The molecule has 10 nitrogen and oxygen atoms in total. The van der Waals surface area contributed by atoms with Crippen molar-refractivity contribution in [1.29, 1.82) is 0 Å². The second-order valence-electron chi connectivity index (χ2n) is 10.8. The molecule has 12 heteroatoms. The molecule has 0 unspecified atom stereocenters. The Hall–Kier alpha value is -3.70. The Bertz CT molecular complexity index is 1290. The third-order valence-electron chi connectivity index (χ3n) is 7.99. The summed E-state index contributed by atoms with van der Waals surface area (Å²) in [5.41, 5.74) is 5.49. The number of fused-ring (bicyclic) bond motifs is 1. The maximum absolute atomic E-state index is 13.9. The number of ether oxygens (including phenoxy) is 1. The predicted molar refractivity (Wildman–Crippen MR) is 132 cm³/mol. The Morgan fingerprint density at radius 3 is 2.71 bits per heavy atom. The van der Waals surface area contributed by atoms with Gasteiger partial charge in [0.1, 0.15) is 23.5 Å². The van der Waals surface area contributed by atoms with Gasteiger partial charge < -0.3 is 31.0 Å². The highest BCUT2D eigenvalue weighted by Crippen LogP contribution is 2.58. The third kappa shape index (κ3) is 4.79. The molecule has 1 aromatic carbocycles. The van der Waals surface area contributed by atoms with E-state index in [9.17, 15) is 28.0 Å². The number of likely N-dealkylation sites (tertiary alicyclic amines) is 1. The number of carbonyl (C=O) groups excluding carboxylic acids is 4. The quantitative estimate of drug-likeness (QED) is 0.430. The van der Waals surface area contributed by atoms with Crippen molar-refractivity contribution in [1.82, 2.24) is 20.5 Å². The van der Waals surface area contributed by atoms with Crippen molar-refractivity contribution in [2.45, 2.75) is 56.5 Å². The van der Waals surface area contributed by atoms with Crippen molar-refractivity contribution in [2.75, 3.05) is 20.2 Å². The first-order chi connectivity index (χ1) is 18.0. The first-order valence-electron chi connectivity index (χ1n) is 12.7. The fourth-order valence-corrected chi connectivity index (χ4v) is 6.24. The number of piperidine rings is 1. The molecule has 3 atom stereocenters. The van der Waals surface area contributed by atoms with Crippen LogP contribution in [0.2, 0.25) is 0 Å². The zero-order chi connectivity index (χ0) is 27.2. The number of halogens is 2. The van der Waals surface area contributed by atoms with E-state index < -0.39 is 59.9 Å². The minimum atomic E-state index is -2.85. The van der Waals surface area contributed by atoms with E-state index in [1.807, 2.05) is 0 Å². The molecular formula is C26H31F2N5O5. The molecule has 3 heterocycles. The van der Waals surface area contributed by atoms with Crippen LogP contribution in [0, 0.1) is 11.3 Å². The topological polar surface area (TPSA) is 147 Å². The Kier molecular flexibility index (Phi) is 6.52. The first-order valence-corrected chi connectivity index (χ1v) is 12.7. The van der Waals surface area contributed by atoms with Crippen LogP contribution in [0.3, 0.4) is 0 Å². The van der Waals surface area contributed by atoms with Gasteiger partial charge in [0, 0.05) is 48.2 Å². The molecule has 2 saturated heterocycles. The number of nitrogens with one attached hydrogen (secondary N) is 3. The lowest BCUT2D eigenvalue weighted by Crippen LogP contribution is -2.53.